The van der Waals surface area contributed by atoms with Gasteiger partial charge in [0.05, 0.1) is 0 Å². The average molecular weight is 414 g/mol. The monoisotopic (exact) mass is 414 g/mol. The molecule has 0 amide bonds. The molecule has 0 saturated heterocycles. The number of benzene rings is 1. The summed E-state index contributed by atoms with van der Waals surface area (Å²) in [6.07, 6.45) is 3.83. The van der Waals surface area contributed by atoms with E-state index in [0.717, 1.165) is 32.1 Å². The first kappa shape index (κ1) is 20.9. The number of hydrogen-bond donors (Lipinski definition) is 0. The molecule has 3 aliphatic carbocycles. The van der Waals surface area contributed by atoms with Crippen LogP contribution in [-0.4, -0.2) is 30.1 Å². The Hall–Kier alpha value is -2.37. The highest BCUT2D eigenvalue weighted by Crippen LogP contribution is 2.62. The Kier molecular flexibility index (Phi) is 5.37. The second-order valence-corrected chi connectivity index (χ2v) is 9.33. The normalized spacial score (nSPS) is 34.2. The van der Waals surface area contributed by atoms with Gasteiger partial charge in [-0.3, -0.25) is 14.4 Å². The predicted molar refractivity (Wildman–Crippen MR) is 109 cm³/mol. The zero-order chi connectivity index (χ0) is 21.6. The van der Waals surface area contributed by atoms with Crippen LogP contribution in [0.4, 0.5) is 0 Å². The van der Waals surface area contributed by atoms with E-state index in [1.165, 1.54) is 31.9 Å². The molecule has 0 N–H and O–H groups in total. The van der Waals surface area contributed by atoms with Gasteiger partial charge in [0.15, 0.2) is 0 Å². The van der Waals surface area contributed by atoms with Crippen LogP contribution in [0.1, 0.15) is 70.4 Å². The Morgan fingerprint density at radius 2 is 1.73 bits per heavy atom. The van der Waals surface area contributed by atoms with E-state index >= 15 is 0 Å². The van der Waals surface area contributed by atoms with Crippen molar-refractivity contribution in [1.29, 1.82) is 0 Å². The summed E-state index contributed by atoms with van der Waals surface area (Å²) in [6, 6.07) is 5.99. The van der Waals surface area contributed by atoms with E-state index in [0.29, 0.717) is 23.5 Å². The fraction of sp³-hybridized carbons (Fsp3) is 0.625. The fourth-order valence-corrected chi connectivity index (χ4v) is 6.44. The molecule has 30 heavy (non-hydrogen) atoms. The lowest BCUT2D eigenvalue weighted by Crippen LogP contribution is -2.46. The van der Waals surface area contributed by atoms with Crippen molar-refractivity contribution in [3.05, 3.63) is 29.3 Å². The molecule has 0 spiro atoms. The maximum absolute atomic E-state index is 11.8. The van der Waals surface area contributed by atoms with Gasteiger partial charge < -0.3 is 14.2 Å². The molecule has 162 valence electrons. The number of fused-ring (bicyclic) bond motifs is 5. The molecule has 6 nitrogen and oxygen atoms in total. The van der Waals surface area contributed by atoms with Gasteiger partial charge in [0.2, 0.25) is 0 Å². The molecule has 2 fully saturated rings. The molecule has 0 aliphatic heterocycles. The topological polar surface area (TPSA) is 78.9 Å². The summed E-state index contributed by atoms with van der Waals surface area (Å²) < 4.78 is 16.6. The van der Waals surface area contributed by atoms with Gasteiger partial charge in [-0.25, -0.2) is 0 Å². The summed E-state index contributed by atoms with van der Waals surface area (Å²) >= 11 is 0. The molecule has 0 radical (unpaired) electrons. The van der Waals surface area contributed by atoms with E-state index in [1.807, 2.05) is 12.1 Å². The van der Waals surface area contributed by atoms with Crippen molar-refractivity contribution in [3.63, 3.8) is 0 Å². The SMILES string of the molecule is CC(=O)Oc1ccc2c(c1)CC[C@@H]1[C@@H]2CC[C@]2(C)[C@@H]1C[C@@H](OC(C)=O)[C@@H]2OC(C)=O. The van der Waals surface area contributed by atoms with E-state index in [1.54, 1.807) is 0 Å². The number of carbonyl (C=O) groups excluding carboxylic acids is 3. The van der Waals surface area contributed by atoms with Gasteiger partial charge in [0.1, 0.15) is 18.0 Å². The smallest absolute Gasteiger partial charge is 0.308 e. The van der Waals surface area contributed by atoms with E-state index < -0.39 is 6.10 Å². The minimum Gasteiger partial charge on any atom is -0.459 e. The number of carbonyl (C=O) groups is 3. The maximum atomic E-state index is 11.8. The van der Waals surface area contributed by atoms with Crippen molar-refractivity contribution in [3.8, 4) is 5.75 Å². The van der Waals surface area contributed by atoms with Gasteiger partial charge in [-0.2, -0.15) is 0 Å². The van der Waals surface area contributed by atoms with Crippen molar-refractivity contribution in [2.45, 2.75) is 77.9 Å². The first-order valence-corrected chi connectivity index (χ1v) is 10.8. The van der Waals surface area contributed by atoms with Crippen LogP contribution in [-0.2, 0) is 30.3 Å². The van der Waals surface area contributed by atoms with Gasteiger partial charge in [-0.05, 0) is 73.1 Å². The third-order valence-electron chi connectivity index (χ3n) is 7.48. The number of aryl methyl sites for hydroxylation is 1. The highest BCUT2D eigenvalue weighted by Gasteiger charge is 2.61. The van der Waals surface area contributed by atoms with Crippen LogP contribution < -0.4 is 4.74 Å². The van der Waals surface area contributed by atoms with Gasteiger partial charge in [0, 0.05) is 26.2 Å². The summed E-state index contributed by atoms with van der Waals surface area (Å²) in [5.74, 6) is 0.839. The summed E-state index contributed by atoms with van der Waals surface area (Å²) in [4.78, 5) is 34.8. The lowest BCUT2D eigenvalue weighted by Gasteiger charge is -2.50. The Labute approximate surface area is 177 Å². The van der Waals surface area contributed by atoms with E-state index in [4.69, 9.17) is 14.2 Å². The van der Waals surface area contributed by atoms with E-state index in [2.05, 4.69) is 13.0 Å². The van der Waals surface area contributed by atoms with Crippen LogP contribution in [0.5, 0.6) is 5.75 Å². The molecular formula is C24H30O6. The van der Waals surface area contributed by atoms with Crippen molar-refractivity contribution >= 4 is 17.9 Å². The van der Waals surface area contributed by atoms with Gasteiger partial charge in [-0.15, -0.1) is 0 Å². The molecule has 3 aliphatic rings. The largest absolute Gasteiger partial charge is 0.459 e. The van der Waals surface area contributed by atoms with Crippen LogP contribution in [0.25, 0.3) is 0 Å². The number of hydrogen-bond acceptors (Lipinski definition) is 6. The summed E-state index contributed by atoms with van der Waals surface area (Å²) in [5.41, 5.74) is 2.40. The minimum absolute atomic E-state index is 0.192. The summed E-state index contributed by atoms with van der Waals surface area (Å²) in [6.45, 7) is 6.45. The Morgan fingerprint density at radius 1 is 1.00 bits per heavy atom. The average Bonchev–Trinajstić information content (AvgIpc) is 2.92. The van der Waals surface area contributed by atoms with Crippen molar-refractivity contribution in [1.82, 2.24) is 0 Å². The standard InChI is InChI=1S/C24H30O6/c1-13(25)28-17-6-8-18-16(11-17)5-7-20-19(18)9-10-24(4)21(20)12-22(29-14(2)26)23(24)30-15(3)27/h6,8,11,19-23H,5,7,9-10,12H2,1-4H3/t19-,20-,21-,22-,23+,24-/m1/s1. The Bertz CT molecular complexity index is 876. The zero-order valence-electron chi connectivity index (χ0n) is 18.1. The predicted octanol–water partition coefficient (Wildman–Crippen LogP) is 3.94. The molecule has 0 bridgehead atoms. The zero-order valence-corrected chi connectivity index (χ0v) is 18.1. The Morgan fingerprint density at radius 3 is 2.40 bits per heavy atom. The van der Waals surface area contributed by atoms with Crippen LogP contribution in [0.15, 0.2) is 18.2 Å². The third kappa shape index (κ3) is 3.61. The first-order valence-electron chi connectivity index (χ1n) is 10.8. The maximum Gasteiger partial charge on any atom is 0.308 e. The molecule has 6 heteroatoms. The highest BCUT2D eigenvalue weighted by atomic mass is 16.6. The van der Waals surface area contributed by atoms with Crippen LogP contribution in [0, 0.1) is 17.3 Å². The van der Waals surface area contributed by atoms with Crippen LogP contribution in [0.2, 0.25) is 0 Å². The first-order chi connectivity index (χ1) is 14.2. The summed E-state index contributed by atoms with van der Waals surface area (Å²) in [7, 11) is 0. The molecular weight excluding hydrogens is 384 g/mol. The minimum atomic E-state index is -0.391. The number of ether oxygens (including phenoxy) is 3. The molecule has 1 aromatic carbocycles. The van der Waals surface area contributed by atoms with Crippen molar-refractivity contribution < 1.29 is 28.6 Å². The summed E-state index contributed by atoms with van der Waals surface area (Å²) in [5, 5.41) is 0. The molecule has 6 atom stereocenters. The van der Waals surface area contributed by atoms with Gasteiger partial charge >= 0.3 is 17.9 Å². The van der Waals surface area contributed by atoms with E-state index in [9.17, 15) is 14.4 Å². The van der Waals surface area contributed by atoms with E-state index in [-0.39, 0.29) is 29.4 Å². The quantitative estimate of drug-likeness (QED) is 0.551. The van der Waals surface area contributed by atoms with Gasteiger partial charge in [0.25, 0.3) is 0 Å². The highest BCUT2D eigenvalue weighted by molar-refractivity contribution is 5.69. The molecule has 0 unspecified atom stereocenters. The lowest BCUT2D eigenvalue weighted by molar-refractivity contribution is -0.171. The van der Waals surface area contributed by atoms with Crippen molar-refractivity contribution in [2.24, 2.45) is 17.3 Å². The lowest BCUT2D eigenvalue weighted by atomic mass is 9.55. The second kappa shape index (κ2) is 7.71. The molecule has 0 heterocycles. The third-order valence-corrected chi connectivity index (χ3v) is 7.48. The fourth-order valence-electron chi connectivity index (χ4n) is 6.44. The number of esters is 3. The van der Waals surface area contributed by atoms with Gasteiger partial charge in [-0.1, -0.05) is 13.0 Å². The molecule has 1 aromatic rings. The van der Waals surface area contributed by atoms with Crippen LogP contribution >= 0.6 is 0 Å². The number of rotatable bonds is 3. The second-order valence-electron chi connectivity index (χ2n) is 9.33. The van der Waals surface area contributed by atoms with Crippen LogP contribution in [0.3, 0.4) is 0 Å². The molecule has 4 rings (SSSR count). The Balaban J connectivity index is 1.62. The van der Waals surface area contributed by atoms with Crippen molar-refractivity contribution in [2.75, 3.05) is 0 Å². The molecule has 2 saturated carbocycles. The molecule has 0 aromatic heterocycles.